The molecule has 4 heteroatoms. The number of phenolic OH excluding ortho intramolecular Hbond substituents is 1. The van der Waals surface area contributed by atoms with Crippen LogP contribution in [-0.2, 0) is 0 Å². The highest BCUT2D eigenvalue weighted by Crippen LogP contribution is 2.25. The summed E-state index contributed by atoms with van der Waals surface area (Å²) in [6.45, 7) is 0.505. The van der Waals surface area contributed by atoms with Gasteiger partial charge in [-0.15, -0.1) is 0 Å². The first-order chi connectivity index (χ1) is 9.22. The fraction of sp³-hybridized carbons (Fsp3) is 0.133. The SMILES string of the molecule is O=C(c1ccccc1)c1ccc(OCCBr)cc1O. The molecule has 3 nitrogen and oxygen atoms in total. The number of carbonyl (C=O) groups is 1. The van der Waals surface area contributed by atoms with Gasteiger partial charge in [0.25, 0.3) is 0 Å². The summed E-state index contributed by atoms with van der Waals surface area (Å²) in [4.78, 5) is 12.2. The number of hydrogen-bond donors (Lipinski definition) is 1. The number of alkyl halides is 1. The number of halogens is 1. The normalized spacial score (nSPS) is 10.2. The Balaban J connectivity index is 2.24. The van der Waals surface area contributed by atoms with E-state index in [-0.39, 0.29) is 17.1 Å². The van der Waals surface area contributed by atoms with Crippen molar-refractivity contribution in [2.24, 2.45) is 0 Å². The van der Waals surface area contributed by atoms with Crippen molar-refractivity contribution in [3.63, 3.8) is 0 Å². The van der Waals surface area contributed by atoms with Crippen LogP contribution in [0.4, 0.5) is 0 Å². The first kappa shape index (κ1) is 13.6. The summed E-state index contributed by atoms with van der Waals surface area (Å²) in [6, 6.07) is 13.6. The molecule has 98 valence electrons. The Hall–Kier alpha value is -1.81. The third-order valence-electron chi connectivity index (χ3n) is 2.60. The molecule has 0 aliphatic rings. The molecule has 0 aliphatic heterocycles. The minimum atomic E-state index is -0.204. The van der Waals surface area contributed by atoms with Crippen molar-refractivity contribution in [2.75, 3.05) is 11.9 Å². The van der Waals surface area contributed by atoms with Crippen molar-refractivity contribution >= 4 is 21.7 Å². The third-order valence-corrected chi connectivity index (χ3v) is 2.92. The molecule has 1 N–H and O–H groups in total. The number of aromatic hydroxyl groups is 1. The van der Waals surface area contributed by atoms with Crippen LogP contribution in [0.3, 0.4) is 0 Å². The Morgan fingerprint density at radius 1 is 1.16 bits per heavy atom. The molecule has 0 heterocycles. The minimum absolute atomic E-state index is 0.0686. The zero-order valence-electron chi connectivity index (χ0n) is 10.2. The van der Waals surface area contributed by atoms with E-state index in [4.69, 9.17) is 4.74 Å². The average Bonchev–Trinajstić information content (AvgIpc) is 2.45. The van der Waals surface area contributed by atoms with Crippen LogP contribution in [-0.4, -0.2) is 22.8 Å². The Bertz CT molecular complexity index is 567. The van der Waals surface area contributed by atoms with Crippen molar-refractivity contribution < 1.29 is 14.6 Å². The van der Waals surface area contributed by atoms with Gasteiger partial charge in [0.05, 0.1) is 12.2 Å². The quantitative estimate of drug-likeness (QED) is 0.678. The Morgan fingerprint density at radius 3 is 2.53 bits per heavy atom. The molecule has 0 unspecified atom stereocenters. The highest BCUT2D eigenvalue weighted by molar-refractivity contribution is 9.09. The Kier molecular flexibility index (Phi) is 4.58. The van der Waals surface area contributed by atoms with E-state index in [1.807, 2.05) is 6.07 Å². The van der Waals surface area contributed by atoms with Crippen LogP contribution in [0.5, 0.6) is 11.5 Å². The second-order valence-corrected chi connectivity index (χ2v) is 4.70. The number of benzene rings is 2. The van der Waals surface area contributed by atoms with Gasteiger partial charge in [-0.3, -0.25) is 4.79 Å². The van der Waals surface area contributed by atoms with Gasteiger partial charge in [0.1, 0.15) is 11.5 Å². The maximum absolute atomic E-state index is 12.2. The van der Waals surface area contributed by atoms with E-state index in [2.05, 4.69) is 15.9 Å². The van der Waals surface area contributed by atoms with Crippen LogP contribution in [0, 0.1) is 0 Å². The van der Waals surface area contributed by atoms with Gasteiger partial charge in [0, 0.05) is 17.0 Å². The lowest BCUT2D eigenvalue weighted by atomic mass is 10.0. The standard InChI is InChI=1S/C15H13BrO3/c16-8-9-19-12-6-7-13(14(17)10-12)15(18)11-4-2-1-3-5-11/h1-7,10,17H,8-9H2. The van der Waals surface area contributed by atoms with Crippen molar-refractivity contribution in [1.29, 1.82) is 0 Å². The van der Waals surface area contributed by atoms with E-state index < -0.39 is 0 Å². The van der Waals surface area contributed by atoms with Crippen molar-refractivity contribution in [1.82, 2.24) is 0 Å². The molecule has 19 heavy (non-hydrogen) atoms. The van der Waals surface area contributed by atoms with Gasteiger partial charge in [0.15, 0.2) is 5.78 Å². The molecule has 0 amide bonds. The van der Waals surface area contributed by atoms with Crippen molar-refractivity contribution in [3.05, 3.63) is 59.7 Å². The van der Waals surface area contributed by atoms with E-state index >= 15 is 0 Å². The van der Waals surface area contributed by atoms with E-state index in [0.717, 1.165) is 0 Å². The smallest absolute Gasteiger partial charge is 0.196 e. The van der Waals surface area contributed by atoms with Crippen LogP contribution in [0.1, 0.15) is 15.9 Å². The molecule has 2 aromatic carbocycles. The molecular weight excluding hydrogens is 308 g/mol. The molecular formula is C15H13BrO3. The summed E-state index contributed by atoms with van der Waals surface area (Å²) in [7, 11) is 0. The van der Waals surface area contributed by atoms with Gasteiger partial charge in [-0.2, -0.15) is 0 Å². The van der Waals surface area contributed by atoms with Gasteiger partial charge in [-0.05, 0) is 12.1 Å². The van der Waals surface area contributed by atoms with E-state index in [9.17, 15) is 9.90 Å². The van der Waals surface area contributed by atoms with Crippen LogP contribution >= 0.6 is 15.9 Å². The van der Waals surface area contributed by atoms with Gasteiger partial charge in [0.2, 0.25) is 0 Å². The number of phenols is 1. The van der Waals surface area contributed by atoms with E-state index in [1.54, 1.807) is 36.4 Å². The predicted molar refractivity (Wildman–Crippen MR) is 77.3 cm³/mol. The zero-order chi connectivity index (χ0) is 13.7. The number of ketones is 1. The highest BCUT2D eigenvalue weighted by atomic mass is 79.9. The number of rotatable bonds is 5. The van der Waals surface area contributed by atoms with Crippen LogP contribution in [0.2, 0.25) is 0 Å². The maximum Gasteiger partial charge on any atom is 0.196 e. The van der Waals surface area contributed by atoms with Crippen LogP contribution in [0.15, 0.2) is 48.5 Å². The van der Waals surface area contributed by atoms with E-state index in [0.29, 0.717) is 23.2 Å². The highest BCUT2D eigenvalue weighted by Gasteiger charge is 2.13. The average molecular weight is 321 g/mol. The maximum atomic E-state index is 12.2. The molecule has 0 bridgehead atoms. The monoisotopic (exact) mass is 320 g/mol. The number of hydrogen-bond acceptors (Lipinski definition) is 3. The number of carbonyl (C=O) groups excluding carboxylic acids is 1. The van der Waals surface area contributed by atoms with Crippen molar-refractivity contribution in [2.45, 2.75) is 0 Å². The molecule has 2 aromatic rings. The van der Waals surface area contributed by atoms with Crippen LogP contribution in [0.25, 0.3) is 0 Å². The van der Waals surface area contributed by atoms with Gasteiger partial charge in [-0.1, -0.05) is 46.3 Å². The van der Waals surface area contributed by atoms with Gasteiger partial charge >= 0.3 is 0 Å². The molecule has 0 fully saturated rings. The summed E-state index contributed by atoms with van der Waals surface area (Å²) in [5.74, 6) is 0.271. The fourth-order valence-electron chi connectivity index (χ4n) is 1.69. The summed E-state index contributed by atoms with van der Waals surface area (Å²) in [5, 5.41) is 10.6. The van der Waals surface area contributed by atoms with Gasteiger partial charge < -0.3 is 9.84 Å². The molecule has 0 saturated carbocycles. The Morgan fingerprint density at radius 2 is 1.89 bits per heavy atom. The molecule has 0 aliphatic carbocycles. The second kappa shape index (κ2) is 6.38. The first-order valence-electron chi connectivity index (χ1n) is 5.84. The summed E-state index contributed by atoms with van der Waals surface area (Å²) < 4.78 is 5.36. The predicted octanol–water partition coefficient (Wildman–Crippen LogP) is 3.40. The molecule has 2 rings (SSSR count). The first-order valence-corrected chi connectivity index (χ1v) is 6.96. The summed E-state index contributed by atoms with van der Waals surface area (Å²) >= 11 is 3.25. The molecule has 0 spiro atoms. The lowest BCUT2D eigenvalue weighted by molar-refractivity contribution is 0.103. The molecule has 0 aromatic heterocycles. The Labute approximate surface area is 120 Å². The third kappa shape index (κ3) is 3.35. The zero-order valence-corrected chi connectivity index (χ0v) is 11.8. The van der Waals surface area contributed by atoms with Gasteiger partial charge in [-0.25, -0.2) is 0 Å². The molecule has 0 radical (unpaired) electrons. The largest absolute Gasteiger partial charge is 0.507 e. The minimum Gasteiger partial charge on any atom is -0.507 e. The number of ether oxygens (including phenoxy) is 1. The summed E-state index contributed by atoms with van der Waals surface area (Å²) in [5.41, 5.74) is 0.823. The topological polar surface area (TPSA) is 46.5 Å². The van der Waals surface area contributed by atoms with E-state index in [1.165, 1.54) is 6.07 Å². The molecule has 0 atom stereocenters. The summed E-state index contributed by atoms with van der Waals surface area (Å²) in [6.07, 6.45) is 0. The fourth-order valence-corrected chi connectivity index (χ4v) is 1.86. The molecule has 0 saturated heterocycles. The van der Waals surface area contributed by atoms with Crippen LogP contribution < -0.4 is 4.74 Å². The lowest BCUT2D eigenvalue weighted by Gasteiger charge is -2.08. The second-order valence-electron chi connectivity index (χ2n) is 3.91. The van der Waals surface area contributed by atoms with Crippen molar-refractivity contribution in [3.8, 4) is 11.5 Å². The lowest BCUT2D eigenvalue weighted by Crippen LogP contribution is -2.02.